The van der Waals surface area contributed by atoms with Gasteiger partial charge in [-0.2, -0.15) is 4.57 Å². The Labute approximate surface area is 138 Å². The standard InChI is InChI=1S/C17H17IN2O/c18-15-7-3-4-8-16(15)19-17(21)12-20-10-9-13-5-1-2-6-14(13)11-20/h3-4,7-11H,1-2,5-6,12H2/p+1. The number of hydrogen-bond donors (Lipinski definition) is 1. The number of aryl methyl sites for hydroxylation is 2. The number of carbonyl (C=O) groups is 1. The van der Waals surface area contributed by atoms with E-state index in [9.17, 15) is 4.79 Å². The molecule has 3 nitrogen and oxygen atoms in total. The third kappa shape index (κ3) is 3.61. The molecule has 0 saturated heterocycles. The highest BCUT2D eigenvalue weighted by molar-refractivity contribution is 14.1. The van der Waals surface area contributed by atoms with E-state index in [4.69, 9.17) is 0 Å². The normalized spacial score (nSPS) is 13.6. The Kier molecular flexibility index (Phi) is 4.53. The molecule has 1 N–H and O–H groups in total. The summed E-state index contributed by atoms with van der Waals surface area (Å²) in [5.74, 6) is 0.0138. The summed E-state index contributed by atoms with van der Waals surface area (Å²) in [5.41, 5.74) is 3.71. The van der Waals surface area contributed by atoms with Crippen LogP contribution in [0.15, 0.2) is 42.7 Å². The number of halogens is 1. The number of hydrogen-bond acceptors (Lipinski definition) is 1. The third-order valence-electron chi connectivity index (χ3n) is 3.82. The van der Waals surface area contributed by atoms with E-state index in [1.165, 1.54) is 30.4 Å². The van der Waals surface area contributed by atoms with E-state index in [1.807, 2.05) is 35.0 Å². The van der Waals surface area contributed by atoms with Gasteiger partial charge in [0.15, 0.2) is 12.4 Å². The number of pyridine rings is 1. The van der Waals surface area contributed by atoms with E-state index in [-0.39, 0.29) is 5.91 Å². The van der Waals surface area contributed by atoms with Crippen LogP contribution >= 0.6 is 22.6 Å². The van der Waals surface area contributed by atoms with Gasteiger partial charge in [-0.15, -0.1) is 0 Å². The second kappa shape index (κ2) is 6.56. The molecule has 1 heterocycles. The van der Waals surface area contributed by atoms with Crippen molar-refractivity contribution in [2.75, 3.05) is 5.32 Å². The minimum Gasteiger partial charge on any atom is -0.320 e. The minimum atomic E-state index is 0.0138. The summed E-state index contributed by atoms with van der Waals surface area (Å²) in [6.45, 7) is 0.359. The summed E-state index contributed by atoms with van der Waals surface area (Å²) in [4.78, 5) is 12.2. The average molecular weight is 393 g/mol. The number of nitrogens with one attached hydrogen (secondary N) is 1. The molecule has 0 aliphatic heterocycles. The van der Waals surface area contributed by atoms with Crippen molar-refractivity contribution in [2.45, 2.75) is 32.2 Å². The summed E-state index contributed by atoms with van der Waals surface area (Å²) >= 11 is 2.23. The molecule has 0 bridgehead atoms. The predicted molar refractivity (Wildman–Crippen MR) is 91.1 cm³/mol. The molecule has 3 rings (SSSR count). The van der Waals surface area contributed by atoms with Crippen molar-refractivity contribution in [1.82, 2.24) is 0 Å². The van der Waals surface area contributed by atoms with Crippen LogP contribution in [0.25, 0.3) is 0 Å². The number of benzene rings is 1. The van der Waals surface area contributed by atoms with E-state index in [1.54, 1.807) is 0 Å². The first kappa shape index (κ1) is 14.5. The Hall–Kier alpha value is -1.43. The van der Waals surface area contributed by atoms with Crippen LogP contribution in [0.3, 0.4) is 0 Å². The van der Waals surface area contributed by atoms with Crippen LogP contribution in [0.4, 0.5) is 5.69 Å². The van der Waals surface area contributed by atoms with Gasteiger partial charge in [-0.3, -0.25) is 4.79 Å². The van der Waals surface area contributed by atoms with Crippen molar-refractivity contribution in [1.29, 1.82) is 0 Å². The zero-order valence-electron chi connectivity index (χ0n) is 11.8. The van der Waals surface area contributed by atoms with Crippen LogP contribution in [-0.2, 0) is 24.2 Å². The summed E-state index contributed by atoms with van der Waals surface area (Å²) in [6.07, 6.45) is 8.98. The van der Waals surface area contributed by atoms with Gasteiger partial charge in [-0.25, -0.2) is 0 Å². The number of nitrogens with zero attached hydrogens (tertiary/aromatic N) is 1. The zero-order valence-corrected chi connectivity index (χ0v) is 14.0. The molecule has 2 aromatic rings. The predicted octanol–water partition coefficient (Wildman–Crippen LogP) is 3.10. The van der Waals surface area contributed by atoms with Crippen molar-refractivity contribution in [3.63, 3.8) is 0 Å². The van der Waals surface area contributed by atoms with Crippen LogP contribution in [0.1, 0.15) is 24.0 Å². The molecule has 0 saturated carbocycles. The molecule has 1 aliphatic rings. The van der Waals surface area contributed by atoms with Crippen molar-refractivity contribution in [3.05, 3.63) is 57.4 Å². The fourth-order valence-corrected chi connectivity index (χ4v) is 3.26. The van der Waals surface area contributed by atoms with E-state index in [0.717, 1.165) is 15.7 Å². The van der Waals surface area contributed by atoms with Gasteiger partial charge in [0, 0.05) is 15.2 Å². The Balaban J connectivity index is 1.69. The van der Waals surface area contributed by atoms with Crippen LogP contribution in [0.5, 0.6) is 0 Å². The monoisotopic (exact) mass is 393 g/mol. The minimum absolute atomic E-state index is 0.0138. The molecule has 0 unspecified atom stereocenters. The maximum absolute atomic E-state index is 12.2. The molecule has 4 heteroatoms. The van der Waals surface area contributed by atoms with Crippen LogP contribution in [-0.4, -0.2) is 5.91 Å². The highest BCUT2D eigenvalue weighted by atomic mass is 127. The second-order valence-electron chi connectivity index (χ2n) is 5.40. The number of anilines is 1. The van der Waals surface area contributed by atoms with E-state index in [2.05, 4.69) is 40.2 Å². The highest BCUT2D eigenvalue weighted by Crippen LogP contribution is 2.19. The van der Waals surface area contributed by atoms with Crippen molar-refractivity contribution < 1.29 is 9.36 Å². The second-order valence-corrected chi connectivity index (χ2v) is 6.56. The number of fused-ring (bicyclic) bond motifs is 1. The first-order chi connectivity index (χ1) is 10.2. The van der Waals surface area contributed by atoms with Gasteiger partial charge in [-0.05, 0) is 66.0 Å². The summed E-state index contributed by atoms with van der Waals surface area (Å²) in [5, 5.41) is 2.97. The fraction of sp³-hybridized carbons (Fsp3) is 0.294. The Morgan fingerprint density at radius 2 is 1.90 bits per heavy atom. The Morgan fingerprint density at radius 1 is 1.14 bits per heavy atom. The molecule has 0 radical (unpaired) electrons. The van der Waals surface area contributed by atoms with E-state index in [0.29, 0.717) is 6.54 Å². The molecule has 0 fully saturated rings. The Morgan fingerprint density at radius 3 is 2.71 bits per heavy atom. The summed E-state index contributed by atoms with van der Waals surface area (Å²) < 4.78 is 3.04. The lowest BCUT2D eigenvalue weighted by Crippen LogP contribution is -2.40. The van der Waals surface area contributed by atoms with E-state index >= 15 is 0 Å². The largest absolute Gasteiger partial charge is 0.320 e. The molecule has 1 aromatic heterocycles. The van der Waals surface area contributed by atoms with Gasteiger partial charge in [0.2, 0.25) is 6.54 Å². The van der Waals surface area contributed by atoms with Gasteiger partial charge in [0.05, 0.1) is 5.69 Å². The molecule has 1 aliphatic carbocycles. The number of carbonyl (C=O) groups excluding carboxylic acids is 1. The van der Waals surface area contributed by atoms with Crippen molar-refractivity contribution in [3.8, 4) is 0 Å². The van der Waals surface area contributed by atoms with Crippen molar-refractivity contribution >= 4 is 34.2 Å². The lowest BCUT2D eigenvalue weighted by atomic mass is 9.93. The third-order valence-corrected chi connectivity index (χ3v) is 4.76. The topological polar surface area (TPSA) is 33.0 Å². The maximum atomic E-state index is 12.2. The van der Waals surface area contributed by atoms with Gasteiger partial charge in [0.1, 0.15) is 0 Å². The van der Waals surface area contributed by atoms with Crippen LogP contribution in [0.2, 0.25) is 0 Å². The average Bonchev–Trinajstić information content (AvgIpc) is 2.49. The fourth-order valence-electron chi connectivity index (χ4n) is 2.74. The molecule has 0 spiro atoms. The zero-order chi connectivity index (χ0) is 14.7. The molecule has 0 atom stereocenters. The molecule has 1 aromatic carbocycles. The number of para-hydroxylation sites is 1. The number of rotatable bonds is 3. The number of aromatic nitrogens is 1. The van der Waals surface area contributed by atoms with Crippen LogP contribution in [0, 0.1) is 3.57 Å². The molecular weight excluding hydrogens is 375 g/mol. The van der Waals surface area contributed by atoms with E-state index < -0.39 is 0 Å². The maximum Gasteiger partial charge on any atom is 0.290 e. The summed E-state index contributed by atoms with van der Waals surface area (Å²) in [7, 11) is 0. The van der Waals surface area contributed by atoms with Gasteiger partial charge in [-0.1, -0.05) is 12.1 Å². The molecular formula is C17H18IN2O+. The summed E-state index contributed by atoms with van der Waals surface area (Å²) in [6, 6.07) is 9.98. The smallest absolute Gasteiger partial charge is 0.290 e. The highest BCUT2D eigenvalue weighted by Gasteiger charge is 2.16. The first-order valence-electron chi connectivity index (χ1n) is 7.27. The SMILES string of the molecule is O=C(C[n+]1ccc2c(c1)CCCC2)Nc1ccccc1I. The quantitative estimate of drug-likeness (QED) is 0.631. The molecule has 21 heavy (non-hydrogen) atoms. The van der Waals surface area contributed by atoms with Gasteiger partial charge in [0.25, 0.3) is 5.91 Å². The molecule has 108 valence electrons. The van der Waals surface area contributed by atoms with Crippen molar-refractivity contribution in [2.24, 2.45) is 0 Å². The molecule has 1 amide bonds. The first-order valence-corrected chi connectivity index (χ1v) is 8.35. The lowest BCUT2D eigenvalue weighted by molar-refractivity contribution is -0.684. The van der Waals surface area contributed by atoms with Crippen LogP contribution < -0.4 is 9.88 Å². The Bertz CT molecular complexity index is 670. The lowest BCUT2D eigenvalue weighted by Gasteiger charge is -2.13. The number of amides is 1. The van der Waals surface area contributed by atoms with Gasteiger partial charge < -0.3 is 5.32 Å². The van der Waals surface area contributed by atoms with Gasteiger partial charge >= 0.3 is 0 Å².